The summed E-state index contributed by atoms with van der Waals surface area (Å²) in [6, 6.07) is 6.79. The zero-order valence-electron chi connectivity index (χ0n) is 11.5. The van der Waals surface area contributed by atoms with Crippen LogP contribution in [0.1, 0.15) is 24.5 Å². The molecule has 3 rings (SSSR count). The SMILES string of the molecule is CNc1cc(C2CC2)nc2ccc(OCC(F)(F)F)cc12. The van der Waals surface area contributed by atoms with Gasteiger partial charge in [-0.25, -0.2) is 0 Å². The van der Waals surface area contributed by atoms with Crippen molar-refractivity contribution in [1.29, 1.82) is 0 Å². The third-order valence-corrected chi connectivity index (χ3v) is 3.47. The van der Waals surface area contributed by atoms with Crippen LogP contribution < -0.4 is 10.1 Å². The molecule has 21 heavy (non-hydrogen) atoms. The number of nitrogens with zero attached hydrogens (tertiary/aromatic N) is 1. The fraction of sp³-hybridized carbons (Fsp3) is 0.400. The van der Waals surface area contributed by atoms with Crippen molar-refractivity contribution < 1.29 is 17.9 Å². The molecule has 1 heterocycles. The van der Waals surface area contributed by atoms with Gasteiger partial charge in [0.15, 0.2) is 6.61 Å². The largest absolute Gasteiger partial charge is 0.484 e. The fourth-order valence-corrected chi connectivity index (χ4v) is 2.28. The van der Waals surface area contributed by atoms with Crippen LogP contribution >= 0.6 is 0 Å². The van der Waals surface area contributed by atoms with Crippen molar-refractivity contribution in [2.45, 2.75) is 24.9 Å². The van der Waals surface area contributed by atoms with Crippen LogP contribution in [0.5, 0.6) is 5.75 Å². The minimum Gasteiger partial charge on any atom is -0.484 e. The molecule has 1 aliphatic rings. The molecule has 0 spiro atoms. The molecule has 1 aliphatic carbocycles. The average molecular weight is 296 g/mol. The first-order valence-electron chi connectivity index (χ1n) is 6.78. The Morgan fingerprint density at radius 2 is 2.05 bits per heavy atom. The second-order valence-corrected chi connectivity index (χ2v) is 5.20. The van der Waals surface area contributed by atoms with E-state index in [0.29, 0.717) is 5.92 Å². The van der Waals surface area contributed by atoms with E-state index in [0.717, 1.165) is 35.1 Å². The van der Waals surface area contributed by atoms with Gasteiger partial charge in [-0.2, -0.15) is 13.2 Å². The second-order valence-electron chi connectivity index (χ2n) is 5.20. The summed E-state index contributed by atoms with van der Waals surface area (Å²) in [7, 11) is 1.79. The van der Waals surface area contributed by atoms with Crippen LogP contribution in [0.25, 0.3) is 10.9 Å². The minimum atomic E-state index is -4.34. The predicted molar refractivity (Wildman–Crippen MR) is 74.8 cm³/mol. The number of aromatic nitrogens is 1. The molecular weight excluding hydrogens is 281 g/mol. The van der Waals surface area contributed by atoms with E-state index in [-0.39, 0.29) is 5.75 Å². The predicted octanol–water partition coefficient (Wildman–Crippen LogP) is 4.10. The van der Waals surface area contributed by atoms with Gasteiger partial charge in [0.1, 0.15) is 5.75 Å². The highest BCUT2D eigenvalue weighted by Gasteiger charge is 2.29. The summed E-state index contributed by atoms with van der Waals surface area (Å²) in [6.07, 6.45) is -2.04. The lowest BCUT2D eigenvalue weighted by atomic mass is 10.1. The zero-order chi connectivity index (χ0) is 15.0. The van der Waals surface area contributed by atoms with Crippen molar-refractivity contribution in [3.63, 3.8) is 0 Å². The maximum Gasteiger partial charge on any atom is 0.422 e. The normalized spacial score (nSPS) is 15.2. The van der Waals surface area contributed by atoms with Gasteiger partial charge in [0.2, 0.25) is 0 Å². The second kappa shape index (κ2) is 5.09. The van der Waals surface area contributed by atoms with Crippen LogP contribution in [-0.4, -0.2) is 24.8 Å². The number of ether oxygens (including phenoxy) is 1. The molecule has 0 unspecified atom stereocenters. The maximum absolute atomic E-state index is 12.2. The van der Waals surface area contributed by atoms with Crippen LogP contribution in [0, 0.1) is 0 Å². The Kier molecular flexibility index (Phi) is 3.39. The van der Waals surface area contributed by atoms with Gasteiger partial charge in [-0.15, -0.1) is 0 Å². The third-order valence-electron chi connectivity index (χ3n) is 3.47. The summed E-state index contributed by atoms with van der Waals surface area (Å²) in [5, 5.41) is 3.84. The van der Waals surface area contributed by atoms with E-state index in [1.165, 1.54) is 6.07 Å². The molecule has 1 saturated carbocycles. The topological polar surface area (TPSA) is 34.2 Å². The Labute approximate surface area is 120 Å². The zero-order valence-corrected chi connectivity index (χ0v) is 11.5. The summed E-state index contributed by atoms with van der Waals surface area (Å²) in [5.74, 6) is 0.708. The summed E-state index contributed by atoms with van der Waals surface area (Å²) < 4.78 is 41.4. The molecule has 2 aromatic rings. The Morgan fingerprint density at radius 3 is 2.67 bits per heavy atom. The average Bonchev–Trinajstić information content (AvgIpc) is 3.27. The number of hydrogen-bond donors (Lipinski definition) is 1. The van der Waals surface area contributed by atoms with Crippen molar-refractivity contribution in [2.24, 2.45) is 0 Å². The first-order valence-corrected chi connectivity index (χ1v) is 6.78. The third kappa shape index (κ3) is 3.20. The standard InChI is InChI=1S/C15H15F3N2O/c1-19-14-7-13(9-2-3-9)20-12-5-4-10(6-11(12)14)21-8-15(16,17)18/h4-7,9H,2-3,8H2,1H3,(H,19,20). The summed E-state index contributed by atoms with van der Waals surface area (Å²) in [5.41, 5.74) is 2.67. The van der Waals surface area contributed by atoms with Crippen LogP contribution in [0.3, 0.4) is 0 Å². The molecule has 0 amide bonds. The Hall–Kier alpha value is -1.98. The van der Waals surface area contributed by atoms with E-state index in [4.69, 9.17) is 4.74 Å². The monoisotopic (exact) mass is 296 g/mol. The molecule has 3 nitrogen and oxygen atoms in total. The molecule has 0 bridgehead atoms. The van der Waals surface area contributed by atoms with Crippen molar-refractivity contribution in [1.82, 2.24) is 4.98 Å². The van der Waals surface area contributed by atoms with Gasteiger partial charge in [0.05, 0.1) is 5.52 Å². The lowest BCUT2D eigenvalue weighted by Crippen LogP contribution is -2.19. The van der Waals surface area contributed by atoms with Crippen molar-refractivity contribution in [3.8, 4) is 5.75 Å². The molecule has 0 atom stereocenters. The Morgan fingerprint density at radius 1 is 1.29 bits per heavy atom. The Balaban J connectivity index is 1.94. The smallest absolute Gasteiger partial charge is 0.422 e. The number of rotatable bonds is 4. The Bertz CT molecular complexity index is 666. The van der Waals surface area contributed by atoms with Gasteiger partial charge in [-0.05, 0) is 37.1 Å². The van der Waals surface area contributed by atoms with Crippen LogP contribution in [0.15, 0.2) is 24.3 Å². The molecule has 6 heteroatoms. The molecule has 1 fully saturated rings. The quantitative estimate of drug-likeness (QED) is 0.922. The summed E-state index contributed by atoms with van der Waals surface area (Å²) >= 11 is 0. The van der Waals surface area contributed by atoms with E-state index < -0.39 is 12.8 Å². The van der Waals surface area contributed by atoms with E-state index in [1.54, 1.807) is 19.2 Å². The molecule has 0 saturated heterocycles. The molecule has 1 aromatic heterocycles. The van der Waals surface area contributed by atoms with Gasteiger partial charge in [0.25, 0.3) is 0 Å². The first kappa shape index (κ1) is 14.0. The van der Waals surface area contributed by atoms with Crippen molar-refractivity contribution in [3.05, 3.63) is 30.0 Å². The van der Waals surface area contributed by atoms with Crippen LogP contribution in [-0.2, 0) is 0 Å². The number of alkyl halides is 3. The van der Waals surface area contributed by atoms with Gasteiger partial charge in [-0.1, -0.05) is 0 Å². The number of nitrogens with one attached hydrogen (secondary N) is 1. The molecular formula is C15H15F3N2O. The molecule has 1 aromatic carbocycles. The lowest BCUT2D eigenvalue weighted by Gasteiger charge is -2.12. The number of fused-ring (bicyclic) bond motifs is 1. The molecule has 0 radical (unpaired) electrons. The van der Waals surface area contributed by atoms with Crippen LogP contribution in [0.2, 0.25) is 0 Å². The van der Waals surface area contributed by atoms with E-state index in [1.807, 2.05) is 6.07 Å². The number of hydrogen-bond acceptors (Lipinski definition) is 3. The summed E-state index contributed by atoms with van der Waals surface area (Å²) in [4.78, 5) is 4.58. The molecule has 1 N–H and O–H groups in total. The first-order chi connectivity index (χ1) is 9.96. The molecule has 0 aliphatic heterocycles. The van der Waals surface area contributed by atoms with E-state index >= 15 is 0 Å². The highest BCUT2D eigenvalue weighted by molar-refractivity contribution is 5.92. The molecule has 112 valence electrons. The van der Waals surface area contributed by atoms with Crippen molar-refractivity contribution >= 4 is 16.6 Å². The van der Waals surface area contributed by atoms with Gasteiger partial charge >= 0.3 is 6.18 Å². The van der Waals surface area contributed by atoms with Gasteiger partial charge in [-0.3, -0.25) is 4.98 Å². The van der Waals surface area contributed by atoms with Gasteiger partial charge < -0.3 is 10.1 Å². The van der Waals surface area contributed by atoms with E-state index in [9.17, 15) is 13.2 Å². The van der Waals surface area contributed by atoms with E-state index in [2.05, 4.69) is 10.3 Å². The lowest BCUT2D eigenvalue weighted by molar-refractivity contribution is -0.153. The van der Waals surface area contributed by atoms with Gasteiger partial charge in [0, 0.05) is 29.7 Å². The highest BCUT2D eigenvalue weighted by Crippen LogP contribution is 2.41. The highest BCUT2D eigenvalue weighted by atomic mass is 19.4. The fourth-order valence-electron chi connectivity index (χ4n) is 2.28. The number of pyridine rings is 1. The number of halogens is 3. The number of anilines is 1. The minimum absolute atomic E-state index is 0.192. The maximum atomic E-state index is 12.2. The number of benzene rings is 1. The van der Waals surface area contributed by atoms with Crippen molar-refractivity contribution in [2.75, 3.05) is 19.0 Å². The summed E-state index contributed by atoms with van der Waals surface area (Å²) in [6.45, 7) is -1.29. The van der Waals surface area contributed by atoms with Crippen LogP contribution in [0.4, 0.5) is 18.9 Å².